The Hall–Kier alpha value is -2.75. The number of nitrogens with one attached hydrogen (secondary N) is 1. The molecule has 1 N–H and O–H groups in total. The lowest BCUT2D eigenvalue weighted by atomic mass is 10.0. The Morgan fingerprint density at radius 2 is 1.97 bits per heavy atom. The number of fused-ring (bicyclic) bond motifs is 1. The van der Waals surface area contributed by atoms with Crippen LogP contribution >= 0.6 is 0 Å². The number of carbonyl (C=O) groups excluding carboxylic acids is 1. The first-order chi connectivity index (χ1) is 14.6. The molecule has 0 saturated carbocycles. The monoisotopic (exact) mass is 444 g/mol. The summed E-state index contributed by atoms with van der Waals surface area (Å²) in [6.07, 6.45) is 2.16. The van der Waals surface area contributed by atoms with E-state index in [1.54, 1.807) is 16.9 Å². The molecule has 3 aromatic rings. The van der Waals surface area contributed by atoms with Gasteiger partial charge in [-0.1, -0.05) is 13.8 Å². The van der Waals surface area contributed by atoms with Crippen LogP contribution in [0.1, 0.15) is 73.9 Å². The van der Waals surface area contributed by atoms with E-state index in [1.165, 1.54) is 0 Å². The molecular weight excluding hydrogens is 416 g/mol. The van der Waals surface area contributed by atoms with Gasteiger partial charge < -0.3 is 5.32 Å². The van der Waals surface area contributed by atoms with E-state index in [0.29, 0.717) is 28.8 Å². The number of nitrogens with zero attached hydrogens (tertiary/aromatic N) is 5. The van der Waals surface area contributed by atoms with Crippen molar-refractivity contribution in [3.05, 3.63) is 35.3 Å². The predicted octanol–water partition coefficient (Wildman–Crippen LogP) is 3.25. The average molecular weight is 445 g/mol. The summed E-state index contributed by atoms with van der Waals surface area (Å²) in [6, 6.07) is 3.41. The first-order valence-electron chi connectivity index (χ1n) is 10.5. The van der Waals surface area contributed by atoms with Crippen LogP contribution in [-0.4, -0.2) is 50.4 Å². The number of aryl methyl sites for hydroxylation is 1. The molecule has 9 nitrogen and oxygen atoms in total. The Morgan fingerprint density at radius 3 is 2.58 bits per heavy atom. The van der Waals surface area contributed by atoms with Crippen molar-refractivity contribution >= 4 is 32.6 Å². The molecule has 0 bridgehead atoms. The third-order valence-electron chi connectivity index (χ3n) is 5.57. The lowest BCUT2D eigenvalue weighted by Crippen LogP contribution is -2.20. The fraction of sp³-hybridized carbons (Fsp3) is 0.524. The zero-order valence-electron chi connectivity index (χ0n) is 18.5. The number of sulfone groups is 1. The Balaban J connectivity index is 1.73. The molecule has 1 aliphatic rings. The molecule has 1 atom stereocenters. The van der Waals surface area contributed by atoms with Crippen molar-refractivity contribution in [3.63, 3.8) is 0 Å². The van der Waals surface area contributed by atoms with Crippen molar-refractivity contribution in [2.45, 2.75) is 59.0 Å². The summed E-state index contributed by atoms with van der Waals surface area (Å²) in [5.74, 6) is 0.524. The van der Waals surface area contributed by atoms with E-state index in [9.17, 15) is 13.2 Å². The molecule has 1 aliphatic heterocycles. The number of hydrogen-bond donors (Lipinski definition) is 1. The van der Waals surface area contributed by atoms with Gasteiger partial charge in [-0.15, -0.1) is 0 Å². The van der Waals surface area contributed by atoms with Crippen molar-refractivity contribution < 1.29 is 13.2 Å². The molecule has 3 aromatic heterocycles. The summed E-state index contributed by atoms with van der Waals surface area (Å²) in [5.41, 5.74) is 2.70. The molecule has 166 valence electrons. The van der Waals surface area contributed by atoms with Crippen molar-refractivity contribution in [1.29, 1.82) is 0 Å². The zero-order chi connectivity index (χ0) is 22.5. The summed E-state index contributed by atoms with van der Waals surface area (Å²) in [6.45, 7) is 9.93. The SMILES string of the molecule is Cc1cc(NC(=O)c2cc(C(C)C)nc3c2cnn3C(C)C)n(C2CCS(=O)(=O)C2)n1. The van der Waals surface area contributed by atoms with Crippen LogP contribution in [0.2, 0.25) is 0 Å². The number of anilines is 1. The molecule has 1 saturated heterocycles. The lowest BCUT2D eigenvalue weighted by Gasteiger charge is -2.15. The highest BCUT2D eigenvalue weighted by Gasteiger charge is 2.31. The van der Waals surface area contributed by atoms with Gasteiger partial charge in [-0.2, -0.15) is 10.2 Å². The highest BCUT2D eigenvalue weighted by atomic mass is 32.2. The lowest BCUT2D eigenvalue weighted by molar-refractivity contribution is 0.102. The topological polar surface area (TPSA) is 112 Å². The second kappa shape index (κ2) is 7.74. The summed E-state index contributed by atoms with van der Waals surface area (Å²) < 4.78 is 27.3. The van der Waals surface area contributed by atoms with Crippen LogP contribution in [0.5, 0.6) is 0 Å². The minimum absolute atomic E-state index is 0.0369. The van der Waals surface area contributed by atoms with Crippen LogP contribution in [0.25, 0.3) is 11.0 Å². The summed E-state index contributed by atoms with van der Waals surface area (Å²) >= 11 is 0. The second-order valence-corrected chi connectivity index (χ2v) is 11.0. The normalized spacial score (nSPS) is 18.4. The first-order valence-corrected chi connectivity index (χ1v) is 12.3. The number of amides is 1. The van der Waals surface area contributed by atoms with Crippen LogP contribution < -0.4 is 5.32 Å². The maximum Gasteiger partial charge on any atom is 0.257 e. The van der Waals surface area contributed by atoms with Crippen LogP contribution in [0, 0.1) is 6.92 Å². The van der Waals surface area contributed by atoms with E-state index in [4.69, 9.17) is 4.98 Å². The molecular formula is C21H28N6O3S. The molecule has 0 radical (unpaired) electrons. The van der Waals surface area contributed by atoms with E-state index in [-0.39, 0.29) is 35.4 Å². The zero-order valence-corrected chi connectivity index (χ0v) is 19.3. The Morgan fingerprint density at radius 1 is 1.23 bits per heavy atom. The molecule has 10 heteroatoms. The molecule has 4 rings (SSSR count). The minimum atomic E-state index is -3.07. The van der Waals surface area contributed by atoms with Gasteiger partial charge in [0, 0.05) is 17.8 Å². The molecule has 0 aromatic carbocycles. The third-order valence-corrected chi connectivity index (χ3v) is 7.32. The Labute approximate surface area is 181 Å². The molecule has 0 aliphatic carbocycles. The van der Waals surface area contributed by atoms with Crippen LogP contribution in [-0.2, 0) is 9.84 Å². The fourth-order valence-electron chi connectivity index (χ4n) is 3.94. The number of pyridine rings is 1. The smallest absolute Gasteiger partial charge is 0.257 e. The van der Waals surface area contributed by atoms with Crippen LogP contribution in [0.15, 0.2) is 18.3 Å². The second-order valence-electron chi connectivity index (χ2n) is 8.80. The van der Waals surface area contributed by atoms with E-state index < -0.39 is 9.84 Å². The number of rotatable bonds is 5. The molecule has 1 amide bonds. The maximum absolute atomic E-state index is 13.4. The maximum atomic E-state index is 13.4. The van der Waals surface area contributed by atoms with Crippen molar-refractivity contribution in [2.75, 3.05) is 16.8 Å². The van der Waals surface area contributed by atoms with Crippen molar-refractivity contribution in [1.82, 2.24) is 24.5 Å². The first kappa shape index (κ1) is 21.5. The van der Waals surface area contributed by atoms with E-state index in [2.05, 4.69) is 15.5 Å². The van der Waals surface area contributed by atoms with Gasteiger partial charge in [-0.3, -0.25) is 4.79 Å². The predicted molar refractivity (Wildman–Crippen MR) is 119 cm³/mol. The molecule has 31 heavy (non-hydrogen) atoms. The van der Waals surface area contributed by atoms with Gasteiger partial charge >= 0.3 is 0 Å². The third kappa shape index (κ3) is 4.08. The van der Waals surface area contributed by atoms with Gasteiger partial charge in [0.05, 0.1) is 40.4 Å². The van der Waals surface area contributed by atoms with E-state index >= 15 is 0 Å². The van der Waals surface area contributed by atoms with Gasteiger partial charge in [-0.05, 0) is 39.2 Å². The van der Waals surface area contributed by atoms with Gasteiger partial charge in [-0.25, -0.2) is 22.8 Å². The fourth-order valence-corrected chi connectivity index (χ4v) is 5.63. The van der Waals surface area contributed by atoms with E-state index in [0.717, 1.165) is 11.4 Å². The van der Waals surface area contributed by atoms with Gasteiger partial charge in [0.15, 0.2) is 15.5 Å². The molecule has 1 unspecified atom stereocenters. The largest absolute Gasteiger partial charge is 0.307 e. The highest BCUT2D eigenvalue weighted by Crippen LogP contribution is 2.29. The van der Waals surface area contributed by atoms with Gasteiger partial charge in [0.25, 0.3) is 5.91 Å². The standard InChI is InChI=1S/C21H28N6O3S/c1-12(2)18-9-16(17-10-22-26(13(3)4)20(17)23-18)21(28)24-19-8-14(5)25-27(19)15-6-7-31(29,30)11-15/h8-10,12-13,15H,6-7,11H2,1-5H3,(H,24,28). The highest BCUT2D eigenvalue weighted by molar-refractivity contribution is 7.91. The number of hydrogen-bond acceptors (Lipinski definition) is 6. The Bertz CT molecular complexity index is 1260. The van der Waals surface area contributed by atoms with Crippen molar-refractivity contribution in [3.8, 4) is 0 Å². The number of aromatic nitrogens is 5. The van der Waals surface area contributed by atoms with Crippen molar-refractivity contribution in [2.24, 2.45) is 0 Å². The number of carbonyl (C=O) groups is 1. The molecule has 0 spiro atoms. The molecule has 4 heterocycles. The van der Waals surface area contributed by atoms with Crippen LogP contribution in [0.4, 0.5) is 5.82 Å². The summed E-state index contributed by atoms with van der Waals surface area (Å²) in [5, 5.41) is 12.5. The average Bonchev–Trinajstić information content (AvgIpc) is 3.36. The minimum Gasteiger partial charge on any atom is -0.307 e. The summed E-state index contributed by atoms with van der Waals surface area (Å²) in [7, 11) is -3.07. The Kier molecular flexibility index (Phi) is 5.36. The quantitative estimate of drug-likeness (QED) is 0.646. The van der Waals surface area contributed by atoms with Gasteiger partial charge in [0.1, 0.15) is 5.82 Å². The van der Waals surface area contributed by atoms with E-state index in [1.807, 2.05) is 45.4 Å². The van der Waals surface area contributed by atoms with Gasteiger partial charge in [0.2, 0.25) is 0 Å². The van der Waals surface area contributed by atoms with Crippen LogP contribution in [0.3, 0.4) is 0 Å². The molecule has 1 fully saturated rings. The summed E-state index contributed by atoms with van der Waals surface area (Å²) in [4.78, 5) is 18.1.